The van der Waals surface area contributed by atoms with Crippen molar-refractivity contribution in [1.29, 1.82) is 0 Å². The second-order valence-electron chi connectivity index (χ2n) is 5.67. The fourth-order valence-electron chi connectivity index (χ4n) is 1.36. The van der Waals surface area contributed by atoms with Crippen LogP contribution in [0.1, 0.15) is 54.9 Å². The zero-order valence-corrected chi connectivity index (χ0v) is 11.6. The summed E-state index contributed by atoms with van der Waals surface area (Å²) in [5.41, 5.74) is -0.507. The first-order valence-electron chi connectivity index (χ1n) is 6.00. The van der Waals surface area contributed by atoms with Crippen LogP contribution in [0.4, 0.5) is 0 Å². The summed E-state index contributed by atoms with van der Waals surface area (Å²) in [6.45, 7) is 13.1. The standard InChI is InChI=1S/C13H25NO2/c1-8-10(4)11(15)14(9(2)3)12(16)13(5,6)7/h9-10H,8H2,1-7H3. The molecular weight excluding hydrogens is 202 g/mol. The lowest BCUT2D eigenvalue weighted by Crippen LogP contribution is -2.49. The molecule has 1 unspecified atom stereocenters. The first kappa shape index (κ1) is 15.1. The van der Waals surface area contributed by atoms with E-state index in [1.807, 2.05) is 48.5 Å². The van der Waals surface area contributed by atoms with Crippen molar-refractivity contribution in [3.05, 3.63) is 0 Å². The highest BCUT2D eigenvalue weighted by atomic mass is 16.2. The zero-order chi connectivity index (χ0) is 13.1. The van der Waals surface area contributed by atoms with E-state index in [1.54, 1.807) is 0 Å². The van der Waals surface area contributed by atoms with Crippen molar-refractivity contribution in [2.24, 2.45) is 11.3 Å². The van der Waals surface area contributed by atoms with Crippen molar-refractivity contribution in [2.75, 3.05) is 0 Å². The van der Waals surface area contributed by atoms with Crippen LogP contribution in [0.5, 0.6) is 0 Å². The molecule has 0 aromatic heterocycles. The quantitative estimate of drug-likeness (QED) is 0.743. The maximum Gasteiger partial charge on any atom is 0.234 e. The fraction of sp³-hybridized carbons (Fsp3) is 0.846. The lowest BCUT2D eigenvalue weighted by Gasteiger charge is -2.32. The molecule has 3 heteroatoms. The third kappa shape index (κ3) is 3.62. The topological polar surface area (TPSA) is 37.4 Å². The molecule has 94 valence electrons. The summed E-state index contributed by atoms with van der Waals surface area (Å²) >= 11 is 0. The predicted octanol–water partition coefficient (Wildman–Crippen LogP) is 2.84. The highest BCUT2D eigenvalue weighted by Crippen LogP contribution is 2.21. The molecule has 0 saturated carbocycles. The van der Waals surface area contributed by atoms with Crippen molar-refractivity contribution in [3.8, 4) is 0 Å². The molecule has 3 nitrogen and oxygen atoms in total. The molecule has 16 heavy (non-hydrogen) atoms. The van der Waals surface area contributed by atoms with Gasteiger partial charge in [-0.15, -0.1) is 0 Å². The molecule has 0 N–H and O–H groups in total. The summed E-state index contributed by atoms with van der Waals surface area (Å²) in [5, 5.41) is 0. The molecule has 0 heterocycles. The summed E-state index contributed by atoms with van der Waals surface area (Å²) in [6.07, 6.45) is 0.763. The van der Waals surface area contributed by atoms with E-state index in [9.17, 15) is 9.59 Å². The normalized spacial score (nSPS) is 13.8. The number of hydrogen-bond acceptors (Lipinski definition) is 2. The Kier molecular flexibility index (Phi) is 5.17. The predicted molar refractivity (Wildman–Crippen MR) is 65.9 cm³/mol. The van der Waals surface area contributed by atoms with Gasteiger partial charge in [-0.1, -0.05) is 34.6 Å². The Morgan fingerprint density at radius 1 is 1.12 bits per heavy atom. The number of rotatable bonds is 3. The van der Waals surface area contributed by atoms with E-state index in [1.165, 1.54) is 4.90 Å². The highest BCUT2D eigenvalue weighted by molar-refractivity contribution is 5.98. The molecule has 0 aliphatic carbocycles. The van der Waals surface area contributed by atoms with Gasteiger partial charge >= 0.3 is 0 Å². The summed E-state index contributed by atoms with van der Waals surface area (Å²) in [7, 11) is 0. The van der Waals surface area contributed by atoms with E-state index in [0.29, 0.717) is 0 Å². The maximum absolute atomic E-state index is 12.2. The third-order valence-corrected chi connectivity index (χ3v) is 2.65. The van der Waals surface area contributed by atoms with Gasteiger partial charge in [-0.2, -0.15) is 0 Å². The second-order valence-corrected chi connectivity index (χ2v) is 5.67. The highest BCUT2D eigenvalue weighted by Gasteiger charge is 2.34. The van der Waals surface area contributed by atoms with Crippen LogP contribution in [0.2, 0.25) is 0 Å². The van der Waals surface area contributed by atoms with Gasteiger partial charge in [0.1, 0.15) is 0 Å². The molecule has 0 aromatic rings. The van der Waals surface area contributed by atoms with Gasteiger partial charge in [0.05, 0.1) is 0 Å². The fourth-order valence-corrected chi connectivity index (χ4v) is 1.36. The van der Waals surface area contributed by atoms with Crippen LogP contribution in [0.3, 0.4) is 0 Å². The molecule has 0 spiro atoms. The number of amides is 2. The SMILES string of the molecule is CCC(C)C(=O)N(C(=O)C(C)(C)C)C(C)C. The maximum atomic E-state index is 12.2. The van der Waals surface area contributed by atoms with Crippen LogP contribution in [-0.2, 0) is 9.59 Å². The number of carbonyl (C=O) groups excluding carboxylic acids is 2. The van der Waals surface area contributed by atoms with Crippen LogP contribution in [0.25, 0.3) is 0 Å². The molecular formula is C13H25NO2. The molecule has 0 aliphatic heterocycles. The summed E-state index contributed by atoms with van der Waals surface area (Å²) in [6, 6.07) is -0.0757. The molecule has 0 fully saturated rings. The average Bonchev–Trinajstić information content (AvgIpc) is 2.14. The lowest BCUT2D eigenvalue weighted by atomic mass is 9.93. The van der Waals surface area contributed by atoms with Crippen molar-refractivity contribution in [3.63, 3.8) is 0 Å². The first-order valence-corrected chi connectivity index (χ1v) is 6.00. The van der Waals surface area contributed by atoms with Crippen LogP contribution >= 0.6 is 0 Å². The number of imide groups is 1. The first-order chi connectivity index (χ1) is 7.12. The van der Waals surface area contributed by atoms with Gasteiger partial charge in [0, 0.05) is 17.4 Å². The van der Waals surface area contributed by atoms with Gasteiger partial charge in [-0.3, -0.25) is 14.5 Å². The summed E-state index contributed by atoms with van der Waals surface area (Å²) in [4.78, 5) is 25.7. The lowest BCUT2D eigenvalue weighted by molar-refractivity contribution is -0.154. The van der Waals surface area contributed by atoms with E-state index in [-0.39, 0.29) is 23.8 Å². The summed E-state index contributed by atoms with van der Waals surface area (Å²) in [5.74, 6) is -0.237. The van der Waals surface area contributed by atoms with Crippen LogP contribution < -0.4 is 0 Å². The molecule has 0 radical (unpaired) electrons. The monoisotopic (exact) mass is 227 g/mol. The number of hydrogen-bond donors (Lipinski definition) is 0. The van der Waals surface area contributed by atoms with E-state index in [0.717, 1.165) is 6.42 Å². The molecule has 0 bridgehead atoms. The van der Waals surface area contributed by atoms with Gasteiger partial charge in [0.2, 0.25) is 11.8 Å². The Morgan fingerprint density at radius 2 is 1.56 bits per heavy atom. The van der Waals surface area contributed by atoms with Gasteiger partial charge in [-0.25, -0.2) is 0 Å². The van der Waals surface area contributed by atoms with E-state index < -0.39 is 5.41 Å². The zero-order valence-electron chi connectivity index (χ0n) is 11.6. The molecule has 0 rings (SSSR count). The molecule has 0 saturated heterocycles. The van der Waals surface area contributed by atoms with Crippen molar-refractivity contribution in [2.45, 2.75) is 60.9 Å². The smallest absolute Gasteiger partial charge is 0.234 e. The molecule has 0 aliphatic rings. The number of carbonyl (C=O) groups is 2. The van der Waals surface area contributed by atoms with Gasteiger partial charge in [0.25, 0.3) is 0 Å². The Hall–Kier alpha value is -0.860. The van der Waals surface area contributed by atoms with Gasteiger partial charge < -0.3 is 0 Å². The van der Waals surface area contributed by atoms with Gasteiger partial charge in [-0.05, 0) is 20.3 Å². The van der Waals surface area contributed by atoms with Crippen molar-refractivity contribution in [1.82, 2.24) is 4.90 Å². The van der Waals surface area contributed by atoms with Crippen molar-refractivity contribution >= 4 is 11.8 Å². The Balaban J connectivity index is 5.04. The minimum absolute atomic E-state index is 0.0579. The Morgan fingerprint density at radius 3 is 1.81 bits per heavy atom. The van der Waals surface area contributed by atoms with Crippen molar-refractivity contribution < 1.29 is 9.59 Å². The largest absolute Gasteiger partial charge is 0.279 e. The minimum atomic E-state index is -0.507. The minimum Gasteiger partial charge on any atom is -0.279 e. The molecule has 0 aromatic carbocycles. The Bertz CT molecular complexity index is 264. The van der Waals surface area contributed by atoms with Gasteiger partial charge in [0.15, 0.2) is 0 Å². The van der Waals surface area contributed by atoms with E-state index in [2.05, 4.69) is 0 Å². The number of nitrogens with zero attached hydrogens (tertiary/aromatic N) is 1. The van der Waals surface area contributed by atoms with E-state index >= 15 is 0 Å². The molecule has 1 atom stereocenters. The van der Waals surface area contributed by atoms with Crippen LogP contribution in [0.15, 0.2) is 0 Å². The molecule has 2 amide bonds. The third-order valence-electron chi connectivity index (χ3n) is 2.65. The summed E-state index contributed by atoms with van der Waals surface area (Å²) < 4.78 is 0. The second kappa shape index (κ2) is 5.46. The van der Waals surface area contributed by atoms with E-state index in [4.69, 9.17) is 0 Å². The average molecular weight is 227 g/mol. The van der Waals surface area contributed by atoms with Crippen LogP contribution in [-0.4, -0.2) is 22.8 Å². The van der Waals surface area contributed by atoms with Crippen LogP contribution in [0, 0.1) is 11.3 Å². The Labute approximate surface area is 99.2 Å².